The molecule has 0 spiro atoms. The summed E-state index contributed by atoms with van der Waals surface area (Å²) in [5.74, 6) is 1.00. The van der Waals surface area contributed by atoms with Gasteiger partial charge in [0.1, 0.15) is 12.4 Å². The number of hydrogen-bond donors (Lipinski definition) is 2. The largest absolute Gasteiger partial charge is 0.487 e. The molecule has 1 amide bonds. The Labute approximate surface area is 149 Å². The third-order valence-electron chi connectivity index (χ3n) is 4.81. The summed E-state index contributed by atoms with van der Waals surface area (Å²) in [5.41, 5.74) is 8.99. The van der Waals surface area contributed by atoms with Crippen LogP contribution in [0.4, 0.5) is 5.69 Å². The van der Waals surface area contributed by atoms with Crippen molar-refractivity contribution < 1.29 is 9.53 Å². The second-order valence-electron chi connectivity index (χ2n) is 6.88. The fourth-order valence-corrected chi connectivity index (χ4v) is 3.35. The van der Waals surface area contributed by atoms with Crippen molar-refractivity contribution in [1.29, 1.82) is 0 Å². The van der Waals surface area contributed by atoms with Crippen LogP contribution in [0.25, 0.3) is 0 Å². The van der Waals surface area contributed by atoms with Crippen LogP contribution in [0.2, 0.25) is 0 Å². The van der Waals surface area contributed by atoms with Gasteiger partial charge in [0, 0.05) is 12.5 Å². The first-order valence-electron chi connectivity index (χ1n) is 8.94. The highest BCUT2D eigenvalue weighted by atomic mass is 16.5. The van der Waals surface area contributed by atoms with Gasteiger partial charge in [-0.2, -0.15) is 0 Å². The van der Waals surface area contributed by atoms with Gasteiger partial charge in [0.05, 0.1) is 5.69 Å². The van der Waals surface area contributed by atoms with Crippen LogP contribution in [0.3, 0.4) is 0 Å². The molecule has 25 heavy (non-hydrogen) atoms. The van der Waals surface area contributed by atoms with Gasteiger partial charge in [-0.15, -0.1) is 0 Å². The highest BCUT2D eigenvalue weighted by Gasteiger charge is 2.26. The molecule has 1 aliphatic rings. The average Bonchev–Trinajstić information content (AvgIpc) is 3.01. The first-order valence-corrected chi connectivity index (χ1v) is 8.94. The molecule has 0 unspecified atom stereocenters. The van der Waals surface area contributed by atoms with Crippen LogP contribution < -0.4 is 15.8 Å². The first kappa shape index (κ1) is 17.5. The number of hydrogen-bond acceptors (Lipinski definition) is 3. The summed E-state index contributed by atoms with van der Waals surface area (Å²) < 4.78 is 5.96. The number of benzene rings is 2. The van der Waals surface area contributed by atoms with Crippen molar-refractivity contribution in [2.45, 2.75) is 45.3 Å². The molecule has 4 heteroatoms. The summed E-state index contributed by atoms with van der Waals surface area (Å²) in [5, 5.41) is 3.00. The van der Waals surface area contributed by atoms with Gasteiger partial charge in [-0.3, -0.25) is 4.79 Å². The molecule has 0 heterocycles. The Morgan fingerprint density at radius 3 is 2.72 bits per heavy atom. The van der Waals surface area contributed by atoms with Crippen LogP contribution in [0.1, 0.15) is 36.8 Å². The lowest BCUT2D eigenvalue weighted by atomic mass is 10.00. The van der Waals surface area contributed by atoms with Crippen LogP contribution in [0.5, 0.6) is 5.75 Å². The standard InChI is InChI=1S/C21H26N2O2/c1-15-10-11-19(23-21(24)13-17-8-5-9-18(17)22)20(12-15)25-14-16-6-3-2-4-7-16/h2-4,6-7,10-12,17-18H,5,8-9,13-14,22H2,1H3,(H,23,24)/t17-,18+/m0/s1. The summed E-state index contributed by atoms with van der Waals surface area (Å²) in [6, 6.07) is 16.0. The lowest BCUT2D eigenvalue weighted by Crippen LogP contribution is -2.28. The SMILES string of the molecule is Cc1ccc(NC(=O)C[C@@H]2CCC[C@H]2N)c(OCc2ccccc2)c1. The fraction of sp³-hybridized carbons (Fsp3) is 0.381. The van der Waals surface area contributed by atoms with Crippen molar-refractivity contribution in [2.24, 2.45) is 11.7 Å². The Bertz CT molecular complexity index is 715. The van der Waals surface area contributed by atoms with Gasteiger partial charge in [-0.05, 0) is 48.9 Å². The Hall–Kier alpha value is -2.33. The van der Waals surface area contributed by atoms with Crippen molar-refractivity contribution in [3.05, 3.63) is 59.7 Å². The van der Waals surface area contributed by atoms with E-state index in [0.29, 0.717) is 24.7 Å². The number of nitrogens with two attached hydrogens (primary N) is 1. The van der Waals surface area contributed by atoms with Crippen LogP contribution >= 0.6 is 0 Å². The summed E-state index contributed by atoms with van der Waals surface area (Å²) in [6.45, 7) is 2.49. The minimum absolute atomic E-state index is 0.00997. The van der Waals surface area contributed by atoms with E-state index in [9.17, 15) is 4.79 Å². The molecular formula is C21H26N2O2. The number of nitrogens with one attached hydrogen (secondary N) is 1. The van der Waals surface area contributed by atoms with Gasteiger partial charge in [0.2, 0.25) is 5.91 Å². The topological polar surface area (TPSA) is 64.4 Å². The molecule has 132 valence electrons. The maximum atomic E-state index is 12.4. The maximum absolute atomic E-state index is 12.4. The molecule has 0 saturated heterocycles. The molecule has 3 rings (SSSR count). The summed E-state index contributed by atoms with van der Waals surface area (Å²) in [4.78, 5) is 12.4. The lowest BCUT2D eigenvalue weighted by molar-refractivity contribution is -0.117. The Balaban J connectivity index is 1.65. The highest BCUT2D eigenvalue weighted by Crippen LogP contribution is 2.30. The number of rotatable bonds is 6. The second-order valence-corrected chi connectivity index (χ2v) is 6.88. The van der Waals surface area contributed by atoms with E-state index in [2.05, 4.69) is 5.32 Å². The van der Waals surface area contributed by atoms with E-state index >= 15 is 0 Å². The molecule has 2 aromatic rings. The van der Waals surface area contributed by atoms with Gasteiger partial charge >= 0.3 is 0 Å². The Kier molecular flexibility index (Phi) is 5.71. The summed E-state index contributed by atoms with van der Waals surface area (Å²) in [7, 11) is 0. The third-order valence-corrected chi connectivity index (χ3v) is 4.81. The number of carbonyl (C=O) groups excluding carboxylic acids is 1. The van der Waals surface area contributed by atoms with E-state index in [1.807, 2.05) is 55.5 Å². The number of ether oxygens (including phenoxy) is 1. The predicted octanol–water partition coefficient (Wildman–Crippen LogP) is 4.03. The number of aryl methyl sites for hydroxylation is 1. The molecule has 4 nitrogen and oxygen atoms in total. The average molecular weight is 338 g/mol. The molecule has 2 aromatic carbocycles. The predicted molar refractivity (Wildman–Crippen MR) is 101 cm³/mol. The second kappa shape index (κ2) is 8.17. The van der Waals surface area contributed by atoms with E-state index < -0.39 is 0 Å². The van der Waals surface area contributed by atoms with Gasteiger partial charge in [-0.1, -0.05) is 42.8 Å². The molecule has 0 bridgehead atoms. The van der Waals surface area contributed by atoms with E-state index in [4.69, 9.17) is 10.5 Å². The van der Waals surface area contributed by atoms with Crippen LogP contribution in [-0.4, -0.2) is 11.9 Å². The summed E-state index contributed by atoms with van der Waals surface area (Å²) in [6.07, 6.45) is 3.66. The molecule has 2 atom stereocenters. The molecule has 0 radical (unpaired) electrons. The Morgan fingerprint density at radius 1 is 1.20 bits per heavy atom. The zero-order valence-electron chi connectivity index (χ0n) is 14.7. The van der Waals surface area contributed by atoms with Gasteiger partial charge < -0.3 is 15.8 Å². The van der Waals surface area contributed by atoms with Gasteiger partial charge in [0.25, 0.3) is 0 Å². The van der Waals surface area contributed by atoms with E-state index in [1.165, 1.54) is 0 Å². The first-order chi connectivity index (χ1) is 12.1. The van der Waals surface area contributed by atoms with Crippen molar-refractivity contribution in [3.8, 4) is 5.75 Å². The molecule has 1 aliphatic carbocycles. The van der Waals surface area contributed by atoms with Crippen molar-refractivity contribution in [3.63, 3.8) is 0 Å². The monoisotopic (exact) mass is 338 g/mol. The van der Waals surface area contributed by atoms with Gasteiger partial charge in [-0.25, -0.2) is 0 Å². The van der Waals surface area contributed by atoms with Gasteiger partial charge in [0.15, 0.2) is 0 Å². The molecule has 1 fully saturated rings. The van der Waals surface area contributed by atoms with Crippen LogP contribution in [0.15, 0.2) is 48.5 Å². The minimum atomic E-state index is 0.00997. The van der Waals surface area contributed by atoms with Crippen molar-refractivity contribution >= 4 is 11.6 Å². The third kappa shape index (κ3) is 4.83. The van der Waals surface area contributed by atoms with Crippen LogP contribution in [0, 0.1) is 12.8 Å². The Morgan fingerprint density at radius 2 is 2.00 bits per heavy atom. The highest BCUT2D eigenvalue weighted by molar-refractivity contribution is 5.92. The maximum Gasteiger partial charge on any atom is 0.224 e. The normalized spacial score (nSPS) is 19.6. The van der Waals surface area contributed by atoms with Crippen LogP contribution in [-0.2, 0) is 11.4 Å². The summed E-state index contributed by atoms with van der Waals surface area (Å²) >= 11 is 0. The zero-order valence-corrected chi connectivity index (χ0v) is 14.7. The number of carbonyl (C=O) groups is 1. The molecule has 3 N–H and O–H groups in total. The molecular weight excluding hydrogens is 312 g/mol. The minimum Gasteiger partial charge on any atom is -0.487 e. The van der Waals surface area contributed by atoms with E-state index in [1.54, 1.807) is 0 Å². The molecule has 0 aromatic heterocycles. The van der Waals surface area contributed by atoms with E-state index in [0.717, 1.165) is 36.1 Å². The molecule has 1 saturated carbocycles. The fourth-order valence-electron chi connectivity index (χ4n) is 3.35. The quantitative estimate of drug-likeness (QED) is 0.836. The van der Waals surface area contributed by atoms with E-state index in [-0.39, 0.29) is 11.9 Å². The van der Waals surface area contributed by atoms with Crippen molar-refractivity contribution in [1.82, 2.24) is 0 Å². The smallest absolute Gasteiger partial charge is 0.224 e. The number of anilines is 1. The van der Waals surface area contributed by atoms with Crippen molar-refractivity contribution in [2.75, 3.05) is 5.32 Å². The lowest BCUT2D eigenvalue weighted by Gasteiger charge is -2.17. The molecule has 0 aliphatic heterocycles. The zero-order chi connectivity index (χ0) is 17.6. The number of amides is 1.